The van der Waals surface area contributed by atoms with Crippen LogP contribution in [0, 0.1) is 0 Å². The molecular formula is C6H11Cl3OSi. The van der Waals surface area contributed by atoms with Gasteiger partial charge in [-0.15, -0.1) is 34.8 Å². The second-order valence-corrected chi connectivity index (χ2v) is 5.27. The normalized spacial score (nSPS) is 13.9. The third kappa shape index (κ3) is 11.0. The molecule has 0 fully saturated rings. The van der Waals surface area contributed by atoms with Crippen LogP contribution in [0.25, 0.3) is 0 Å². The molecule has 0 aromatic rings. The lowest BCUT2D eigenvalue weighted by atomic mass is 10.4. The molecule has 0 aromatic carbocycles. The quantitative estimate of drug-likeness (QED) is 0.389. The van der Waals surface area contributed by atoms with Crippen LogP contribution in [0.5, 0.6) is 0 Å². The summed E-state index contributed by atoms with van der Waals surface area (Å²) in [5.41, 5.74) is 0. The van der Waals surface area contributed by atoms with E-state index in [1.165, 1.54) is 0 Å². The largest absolute Gasteiger partial charge is 0.415 e. The predicted molar refractivity (Wildman–Crippen MR) is 51.9 cm³/mol. The minimum absolute atomic E-state index is 0.230. The molecule has 0 rings (SSSR count). The van der Waals surface area contributed by atoms with Crippen LogP contribution in [-0.2, 0) is 4.43 Å². The summed E-state index contributed by atoms with van der Waals surface area (Å²) in [5.74, 6) is 0. The van der Waals surface area contributed by atoms with Gasteiger partial charge in [-0.25, -0.2) is 0 Å². The highest BCUT2D eigenvalue weighted by Gasteiger charge is 2.00. The van der Waals surface area contributed by atoms with Crippen molar-refractivity contribution >= 4 is 44.6 Å². The van der Waals surface area contributed by atoms with Crippen LogP contribution >= 0.6 is 34.8 Å². The van der Waals surface area contributed by atoms with Crippen molar-refractivity contribution in [3.8, 4) is 0 Å². The number of alkyl halides is 3. The standard InChI is InChI=1S/C6H11Cl3OSi/c1-5(7)2-3-11-10-4-6(8)9/h5-6H,2-4H2,1H3. The zero-order chi connectivity index (χ0) is 8.69. The Bertz CT molecular complexity index is 79.9. The first-order valence-electron chi connectivity index (χ1n) is 3.39. The molecule has 0 N–H and O–H groups in total. The second kappa shape index (κ2) is 7.68. The van der Waals surface area contributed by atoms with E-state index in [0.717, 1.165) is 12.5 Å². The lowest BCUT2D eigenvalue weighted by Gasteiger charge is -2.03. The van der Waals surface area contributed by atoms with Gasteiger partial charge in [0, 0.05) is 5.38 Å². The third-order valence-corrected chi connectivity index (χ3v) is 2.29. The number of hydrogen-bond acceptors (Lipinski definition) is 1. The average Bonchev–Trinajstić information content (AvgIpc) is 1.85. The van der Waals surface area contributed by atoms with Crippen molar-refractivity contribution < 1.29 is 4.43 Å². The zero-order valence-corrected chi connectivity index (χ0v) is 9.59. The summed E-state index contributed by atoms with van der Waals surface area (Å²) in [6.07, 6.45) is 0.981. The average molecular weight is 234 g/mol. The van der Waals surface area contributed by atoms with E-state index in [2.05, 4.69) is 0 Å². The van der Waals surface area contributed by atoms with Gasteiger partial charge in [-0.1, -0.05) is 0 Å². The van der Waals surface area contributed by atoms with Crippen LogP contribution in [0.2, 0.25) is 6.04 Å². The molecule has 0 heterocycles. The van der Waals surface area contributed by atoms with E-state index >= 15 is 0 Å². The SMILES string of the molecule is CC(Cl)CC[Si]OCC(Cl)Cl. The van der Waals surface area contributed by atoms with Gasteiger partial charge in [-0.05, 0) is 19.4 Å². The number of halogens is 3. The van der Waals surface area contributed by atoms with Crippen LogP contribution in [-0.4, -0.2) is 26.6 Å². The van der Waals surface area contributed by atoms with Crippen LogP contribution in [0.1, 0.15) is 13.3 Å². The molecule has 0 saturated carbocycles. The Labute approximate surface area is 85.3 Å². The van der Waals surface area contributed by atoms with Gasteiger partial charge in [-0.2, -0.15) is 0 Å². The molecule has 0 bridgehead atoms. The van der Waals surface area contributed by atoms with Gasteiger partial charge in [0.05, 0.1) is 6.61 Å². The van der Waals surface area contributed by atoms with Gasteiger partial charge in [0.25, 0.3) is 0 Å². The molecule has 5 heteroatoms. The van der Waals surface area contributed by atoms with E-state index < -0.39 is 4.84 Å². The molecule has 1 atom stereocenters. The first-order chi connectivity index (χ1) is 5.13. The fourth-order valence-electron chi connectivity index (χ4n) is 0.452. The van der Waals surface area contributed by atoms with Crippen molar-refractivity contribution in [1.29, 1.82) is 0 Å². The van der Waals surface area contributed by atoms with E-state index in [-0.39, 0.29) is 5.38 Å². The highest BCUT2D eigenvalue weighted by molar-refractivity contribution is 6.44. The van der Waals surface area contributed by atoms with Gasteiger partial charge >= 0.3 is 0 Å². The molecule has 0 amide bonds. The summed E-state index contributed by atoms with van der Waals surface area (Å²) in [6.45, 7) is 2.39. The van der Waals surface area contributed by atoms with Gasteiger partial charge < -0.3 is 4.43 Å². The first kappa shape index (κ1) is 12.0. The molecule has 0 saturated heterocycles. The molecule has 0 aliphatic rings. The van der Waals surface area contributed by atoms with Crippen molar-refractivity contribution in [3.63, 3.8) is 0 Å². The Balaban J connectivity index is 2.91. The van der Waals surface area contributed by atoms with E-state index in [1.54, 1.807) is 0 Å². The van der Waals surface area contributed by atoms with Crippen molar-refractivity contribution in [2.75, 3.05) is 6.61 Å². The lowest BCUT2D eigenvalue weighted by Crippen LogP contribution is -2.07. The molecule has 66 valence electrons. The summed E-state index contributed by atoms with van der Waals surface area (Å²) >= 11 is 16.6. The lowest BCUT2D eigenvalue weighted by molar-refractivity contribution is 0.353. The Kier molecular flexibility index (Phi) is 8.41. The van der Waals surface area contributed by atoms with E-state index in [4.69, 9.17) is 39.2 Å². The van der Waals surface area contributed by atoms with Gasteiger partial charge in [0.1, 0.15) is 4.84 Å². The van der Waals surface area contributed by atoms with Crippen molar-refractivity contribution in [2.24, 2.45) is 0 Å². The first-order valence-corrected chi connectivity index (χ1v) is 5.82. The van der Waals surface area contributed by atoms with Crippen molar-refractivity contribution in [2.45, 2.75) is 29.6 Å². The van der Waals surface area contributed by atoms with Crippen LogP contribution in [0.3, 0.4) is 0 Å². The maximum absolute atomic E-state index is 5.72. The molecule has 1 unspecified atom stereocenters. The predicted octanol–water partition coefficient (Wildman–Crippen LogP) is 2.86. The second-order valence-electron chi connectivity index (χ2n) is 2.17. The topological polar surface area (TPSA) is 9.23 Å². The number of rotatable bonds is 6. The summed E-state index contributed by atoms with van der Waals surface area (Å²) in [5, 5.41) is 0.230. The molecule has 11 heavy (non-hydrogen) atoms. The Morgan fingerprint density at radius 1 is 1.36 bits per heavy atom. The Morgan fingerprint density at radius 3 is 2.45 bits per heavy atom. The van der Waals surface area contributed by atoms with Crippen molar-refractivity contribution in [1.82, 2.24) is 0 Å². The Morgan fingerprint density at radius 2 is 2.00 bits per heavy atom. The highest BCUT2D eigenvalue weighted by Crippen LogP contribution is 2.05. The van der Waals surface area contributed by atoms with Gasteiger partial charge in [0.2, 0.25) is 9.76 Å². The van der Waals surface area contributed by atoms with E-state index in [0.29, 0.717) is 16.4 Å². The van der Waals surface area contributed by atoms with Crippen LogP contribution in [0.15, 0.2) is 0 Å². The molecule has 0 aromatic heterocycles. The molecule has 1 nitrogen and oxygen atoms in total. The molecule has 0 spiro atoms. The van der Waals surface area contributed by atoms with E-state index in [1.807, 2.05) is 6.92 Å². The van der Waals surface area contributed by atoms with Crippen molar-refractivity contribution in [3.05, 3.63) is 0 Å². The zero-order valence-electron chi connectivity index (χ0n) is 6.32. The van der Waals surface area contributed by atoms with Crippen LogP contribution in [0.4, 0.5) is 0 Å². The number of hydrogen-bond donors (Lipinski definition) is 0. The van der Waals surface area contributed by atoms with Gasteiger partial charge in [0.15, 0.2) is 0 Å². The minimum Gasteiger partial charge on any atom is -0.415 e. The third-order valence-electron chi connectivity index (χ3n) is 0.956. The van der Waals surface area contributed by atoms with Gasteiger partial charge in [-0.3, -0.25) is 0 Å². The molecular weight excluding hydrogens is 223 g/mol. The molecule has 2 radical (unpaired) electrons. The summed E-state index contributed by atoms with van der Waals surface area (Å²) in [4.78, 5) is -0.407. The van der Waals surface area contributed by atoms with E-state index in [9.17, 15) is 0 Å². The summed E-state index contributed by atoms with van der Waals surface area (Å²) < 4.78 is 5.15. The summed E-state index contributed by atoms with van der Waals surface area (Å²) in [7, 11) is 0.464. The maximum atomic E-state index is 5.72. The molecule has 0 aliphatic carbocycles. The smallest absolute Gasteiger partial charge is 0.229 e. The van der Waals surface area contributed by atoms with Crippen LogP contribution < -0.4 is 0 Å². The fourth-order valence-corrected chi connectivity index (χ4v) is 2.06. The fraction of sp³-hybridized carbons (Fsp3) is 1.00. The minimum atomic E-state index is -0.407. The highest BCUT2D eigenvalue weighted by atomic mass is 35.5. The summed E-state index contributed by atoms with van der Waals surface area (Å²) in [6, 6.07) is 0.991. The Hall–Kier alpha value is 1.05. The maximum Gasteiger partial charge on any atom is 0.229 e. The monoisotopic (exact) mass is 232 g/mol. The molecule has 0 aliphatic heterocycles.